The molecule has 0 fully saturated rings. The van der Waals surface area contributed by atoms with E-state index < -0.39 is 10.1 Å². The second-order valence-corrected chi connectivity index (χ2v) is 8.14. The van der Waals surface area contributed by atoms with Crippen LogP contribution in [-0.2, 0) is 32.6 Å². The van der Waals surface area contributed by atoms with Crippen molar-refractivity contribution in [2.24, 2.45) is 0 Å². The zero-order chi connectivity index (χ0) is 21.3. The molecular formula is C21H27NO6S. The zero-order valence-electron chi connectivity index (χ0n) is 17.0. The van der Waals surface area contributed by atoms with Crippen LogP contribution in [0.4, 0.5) is 0 Å². The van der Waals surface area contributed by atoms with Gasteiger partial charge in [0.15, 0.2) is 11.5 Å². The van der Waals surface area contributed by atoms with Crippen LogP contribution < -0.4 is 8.92 Å². The molecule has 7 nitrogen and oxygen atoms in total. The van der Waals surface area contributed by atoms with Crippen LogP contribution in [-0.4, -0.2) is 52.9 Å². The number of aryl methyl sites for hydroxylation is 1. The molecule has 158 valence electrons. The Morgan fingerprint density at radius 2 is 1.72 bits per heavy atom. The molecule has 0 atom stereocenters. The average molecular weight is 422 g/mol. The summed E-state index contributed by atoms with van der Waals surface area (Å²) in [6, 6.07) is 14.8. The first kappa shape index (κ1) is 22.7. The summed E-state index contributed by atoms with van der Waals surface area (Å²) >= 11 is 0. The quantitative estimate of drug-likeness (QED) is 0.519. The molecule has 29 heavy (non-hydrogen) atoms. The lowest BCUT2D eigenvalue weighted by molar-refractivity contribution is -0.132. The van der Waals surface area contributed by atoms with Gasteiger partial charge in [0.25, 0.3) is 0 Å². The van der Waals surface area contributed by atoms with Crippen molar-refractivity contribution >= 4 is 16.0 Å². The largest absolute Gasteiger partial charge is 0.493 e. The molecule has 0 aliphatic heterocycles. The van der Waals surface area contributed by atoms with Crippen molar-refractivity contribution in [1.82, 2.24) is 4.90 Å². The molecule has 0 aliphatic carbocycles. The van der Waals surface area contributed by atoms with E-state index >= 15 is 0 Å². The molecule has 8 heteroatoms. The highest BCUT2D eigenvalue weighted by molar-refractivity contribution is 7.86. The first-order valence-electron chi connectivity index (χ1n) is 9.19. The van der Waals surface area contributed by atoms with Crippen LogP contribution in [0.1, 0.15) is 17.5 Å². The van der Waals surface area contributed by atoms with Crippen LogP contribution in [0.2, 0.25) is 0 Å². The third-order valence-electron chi connectivity index (χ3n) is 4.23. The number of carbonyl (C=O) groups excluding carboxylic acids is 1. The standard InChI is InChI=1S/C21H27NO6S/c1-26-14-13-22(21(23)12-10-17-7-5-4-6-8-17)16-18-9-11-19(27-2)20(15-18)28-29(3,24)25/h4-9,11,15H,10,12-14,16H2,1-3H3. The highest BCUT2D eigenvalue weighted by Crippen LogP contribution is 2.29. The summed E-state index contributed by atoms with van der Waals surface area (Å²) in [5, 5.41) is 0. The molecule has 2 rings (SSSR count). The van der Waals surface area contributed by atoms with Crippen molar-refractivity contribution in [3.05, 3.63) is 59.7 Å². The monoisotopic (exact) mass is 421 g/mol. The molecule has 0 saturated heterocycles. The number of methoxy groups -OCH3 is 2. The molecule has 0 heterocycles. The lowest BCUT2D eigenvalue weighted by Gasteiger charge is -2.23. The van der Waals surface area contributed by atoms with Gasteiger partial charge in [-0.2, -0.15) is 8.42 Å². The van der Waals surface area contributed by atoms with Gasteiger partial charge in [-0.3, -0.25) is 4.79 Å². The summed E-state index contributed by atoms with van der Waals surface area (Å²) in [6.07, 6.45) is 1.99. The van der Waals surface area contributed by atoms with Crippen LogP contribution in [0.3, 0.4) is 0 Å². The van der Waals surface area contributed by atoms with E-state index in [2.05, 4.69) is 0 Å². The van der Waals surface area contributed by atoms with Crippen LogP contribution in [0.5, 0.6) is 11.5 Å². The minimum atomic E-state index is -3.71. The lowest BCUT2D eigenvalue weighted by Crippen LogP contribution is -2.33. The fraction of sp³-hybridized carbons (Fsp3) is 0.381. The van der Waals surface area contributed by atoms with E-state index in [4.69, 9.17) is 13.7 Å². The smallest absolute Gasteiger partial charge is 0.306 e. The minimum Gasteiger partial charge on any atom is -0.493 e. The maximum absolute atomic E-state index is 12.8. The van der Waals surface area contributed by atoms with Crippen molar-refractivity contribution in [2.45, 2.75) is 19.4 Å². The number of ether oxygens (including phenoxy) is 2. The molecule has 1 amide bonds. The molecule has 0 unspecified atom stereocenters. The molecule has 0 aliphatic rings. The lowest BCUT2D eigenvalue weighted by atomic mass is 10.1. The molecule has 0 aromatic heterocycles. The minimum absolute atomic E-state index is 0.00713. The SMILES string of the molecule is COCCN(Cc1ccc(OC)c(OS(C)(=O)=O)c1)C(=O)CCc1ccccc1. The van der Waals surface area contributed by atoms with Crippen LogP contribution in [0, 0.1) is 0 Å². The maximum atomic E-state index is 12.8. The Bertz CT molecular complexity index is 899. The van der Waals surface area contributed by atoms with E-state index in [0.717, 1.165) is 17.4 Å². The molecule has 0 bridgehead atoms. The number of nitrogens with zero attached hydrogens (tertiary/aromatic N) is 1. The summed E-state index contributed by atoms with van der Waals surface area (Å²) in [5.74, 6) is 0.390. The second kappa shape index (κ2) is 10.8. The molecule has 2 aromatic carbocycles. The fourth-order valence-electron chi connectivity index (χ4n) is 2.82. The van der Waals surface area contributed by atoms with E-state index in [1.54, 1.807) is 30.2 Å². The van der Waals surface area contributed by atoms with Crippen molar-refractivity contribution in [3.63, 3.8) is 0 Å². The number of amides is 1. The Morgan fingerprint density at radius 1 is 1.00 bits per heavy atom. The molecule has 0 N–H and O–H groups in total. The second-order valence-electron chi connectivity index (χ2n) is 6.57. The van der Waals surface area contributed by atoms with Crippen LogP contribution >= 0.6 is 0 Å². The van der Waals surface area contributed by atoms with Gasteiger partial charge in [-0.25, -0.2) is 0 Å². The molecule has 0 spiro atoms. The van der Waals surface area contributed by atoms with Gasteiger partial charge >= 0.3 is 10.1 Å². The van der Waals surface area contributed by atoms with Gasteiger partial charge in [0.2, 0.25) is 5.91 Å². The Hall–Kier alpha value is -2.58. The van der Waals surface area contributed by atoms with Gasteiger partial charge in [0, 0.05) is 26.6 Å². The van der Waals surface area contributed by atoms with E-state index in [0.29, 0.717) is 38.3 Å². The predicted molar refractivity (Wildman–Crippen MR) is 111 cm³/mol. The van der Waals surface area contributed by atoms with E-state index in [9.17, 15) is 13.2 Å². The molecule has 0 saturated carbocycles. The summed E-state index contributed by atoms with van der Waals surface area (Å²) in [4.78, 5) is 14.5. The number of hydrogen-bond acceptors (Lipinski definition) is 6. The van der Waals surface area contributed by atoms with Gasteiger partial charge in [-0.15, -0.1) is 0 Å². The summed E-state index contributed by atoms with van der Waals surface area (Å²) in [6.45, 7) is 1.14. The normalized spacial score (nSPS) is 11.1. The topological polar surface area (TPSA) is 82.1 Å². The third kappa shape index (κ3) is 7.75. The fourth-order valence-corrected chi connectivity index (χ4v) is 3.27. The number of benzene rings is 2. The Labute approximate surface area is 172 Å². The number of carbonyl (C=O) groups is 1. The number of hydrogen-bond donors (Lipinski definition) is 0. The van der Waals surface area contributed by atoms with E-state index in [1.165, 1.54) is 7.11 Å². The summed E-state index contributed by atoms with van der Waals surface area (Å²) < 4.78 is 38.3. The predicted octanol–water partition coefficient (Wildman–Crippen LogP) is 2.64. The van der Waals surface area contributed by atoms with Crippen molar-refractivity contribution in [3.8, 4) is 11.5 Å². The first-order chi connectivity index (χ1) is 13.8. The van der Waals surface area contributed by atoms with Gasteiger partial charge in [-0.05, 0) is 29.7 Å². The van der Waals surface area contributed by atoms with Crippen molar-refractivity contribution < 1.29 is 26.9 Å². The van der Waals surface area contributed by atoms with E-state index in [1.807, 2.05) is 30.3 Å². The number of rotatable bonds is 11. The van der Waals surface area contributed by atoms with Crippen molar-refractivity contribution in [2.75, 3.05) is 33.6 Å². The van der Waals surface area contributed by atoms with Crippen LogP contribution in [0.15, 0.2) is 48.5 Å². The van der Waals surface area contributed by atoms with Gasteiger partial charge in [0.05, 0.1) is 20.0 Å². The highest BCUT2D eigenvalue weighted by atomic mass is 32.2. The Morgan fingerprint density at radius 3 is 2.34 bits per heavy atom. The molecule has 2 aromatic rings. The van der Waals surface area contributed by atoms with E-state index in [-0.39, 0.29) is 11.7 Å². The highest BCUT2D eigenvalue weighted by Gasteiger charge is 2.17. The third-order valence-corrected chi connectivity index (χ3v) is 4.71. The summed E-state index contributed by atoms with van der Waals surface area (Å²) in [7, 11) is -0.691. The zero-order valence-corrected chi connectivity index (χ0v) is 17.8. The molecule has 0 radical (unpaired) electrons. The average Bonchev–Trinajstić information content (AvgIpc) is 2.69. The Kier molecular flexibility index (Phi) is 8.48. The first-order valence-corrected chi connectivity index (χ1v) is 11.0. The van der Waals surface area contributed by atoms with Crippen molar-refractivity contribution in [1.29, 1.82) is 0 Å². The van der Waals surface area contributed by atoms with Gasteiger partial charge in [0.1, 0.15) is 0 Å². The van der Waals surface area contributed by atoms with Gasteiger partial charge < -0.3 is 18.6 Å². The van der Waals surface area contributed by atoms with Crippen LogP contribution in [0.25, 0.3) is 0 Å². The maximum Gasteiger partial charge on any atom is 0.306 e. The van der Waals surface area contributed by atoms with Gasteiger partial charge in [-0.1, -0.05) is 36.4 Å². The molecular weight excluding hydrogens is 394 g/mol. The summed E-state index contributed by atoms with van der Waals surface area (Å²) in [5.41, 5.74) is 1.83. The Balaban J connectivity index is 2.13.